The van der Waals surface area contributed by atoms with E-state index in [0.717, 1.165) is 35.5 Å². The van der Waals surface area contributed by atoms with Crippen LogP contribution in [0.4, 0.5) is 5.69 Å². The molecule has 166 valence electrons. The van der Waals surface area contributed by atoms with Gasteiger partial charge in [0, 0.05) is 56.7 Å². The fraction of sp³-hybridized carbons (Fsp3) is 0.458. The minimum atomic E-state index is -0.00793. The van der Waals surface area contributed by atoms with E-state index in [2.05, 4.69) is 15.2 Å². The quantitative estimate of drug-likeness (QED) is 0.703. The van der Waals surface area contributed by atoms with E-state index in [4.69, 9.17) is 0 Å². The van der Waals surface area contributed by atoms with Gasteiger partial charge in [-0.3, -0.25) is 24.4 Å². The zero-order chi connectivity index (χ0) is 22.2. The molecule has 1 aliphatic rings. The molecule has 2 aromatic rings. The summed E-state index contributed by atoms with van der Waals surface area (Å²) in [5.74, 6) is 0.134. The van der Waals surface area contributed by atoms with Crippen LogP contribution < -0.4 is 5.32 Å². The maximum atomic E-state index is 12.6. The monoisotopic (exact) mass is 423 g/mol. The molecule has 1 fully saturated rings. The summed E-state index contributed by atoms with van der Waals surface area (Å²) in [7, 11) is 1.97. The smallest absolute Gasteiger partial charge is 0.238 e. The Balaban J connectivity index is 1.38. The number of rotatable bonds is 8. The summed E-state index contributed by atoms with van der Waals surface area (Å²) in [5.41, 5.74) is 4.07. The van der Waals surface area contributed by atoms with Crippen molar-refractivity contribution in [3.8, 4) is 0 Å². The van der Waals surface area contributed by atoms with Gasteiger partial charge in [-0.2, -0.15) is 0 Å². The number of pyridine rings is 1. The summed E-state index contributed by atoms with van der Waals surface area (Å²) in [4.78, 5) is 35.5. The van der Waals surface area contributed by atoms with E-state index in [1.54, 1.807) is 6.20 Å². The minimum Gasteiger partial charge on any atom is -0.339 e. The van der Waals surface area contributed by atoms with Gasteiger partial charge < -0.3 is 10.2 Å². The van der Waals surface area contributed by atoms with Gasteiger partial charge in [0.2, 0.25) is 11.8 Å². The fourth-order valence-corrected chi connectivity index (χ4v) is 3.81. The number of aryl methyl sites for hydroxylation is 2. The van der Waals surface area contributed by atoms with Gasteiger partial charge >= 0.3 is 0 Å². The number of para-hydroxylation sites is 1. The highest BCUT2D eigenvalue weighted by atomic mass is 16.2. The molecule has 0 saturated carbocycles. The molecule has 0 spiro atoms. The third-order valence-corrected chi connectivity index (χ3v) is 5.72. The first kappa shape index (κ1) is 22.9. The highest BCUT2D eigenvalue weighted by Crippen LogP contribution is 2.19. The number of piperazine rings is 1. The molecule has 0 aliphatic carbocycles. The van der Waals surface area contributed by atoms with Crippen molar-refractivity contribution in [3.05, 3.63) is 59.4 Å². The van der Waals surface area contributed by atoms with Crippen LogP contribution in [0.15, 0.2) is 42.6 Å². The molecular formula is C24H33N5O2. The van der Waals surface area contributed by atoms with Crippen molar-refractivity contribution in [2.75, 3.05) is 58.2 Å². The van der Waals surface area contributed by atoms with Crippen molar-refractivity contribution in [1.29, 1.82) is 0 Å². The van der Waals surface area contributed by atoms with Crippen molar-refractivity contribution in [2.24, 2.45) is 0 Å². The molecule has 2 amide bonds. The van der Waals surface area contributed by atoms with Crippen molar-refractivity contribution in [1.82, 2.24) is 19.7 Å². The van der Waals surface area contributed by atoms with E-state index in [1.807, 2.05) is 67.1 Å². The van der Waals surface area contributed by atoms with Crippen LogP contribution in [0.5, 0.6) is 0 Å². The number of carbonyl (C=O) groups is 2. The summed E-state index contributed by atoms with van der Waals surface area (Å²) < 4.78 is 0. The Morgan fingerprint density at radius 1 is 1.03 bits per heavy atom. The molecule has 0 bridgehead atoms. The summed E-state index contributed by atoms with van der Waals surface area (Å²) in [6, 6.07) is 11.9. The second-order valence-corrected chi connectivity index (χ2v) is 8.28. The molecule has 31 heavy (non-hydrogen) atoms. The highest BCUT2D eigenvalue weighted by molar-refractivity contribution is 5.93. The zero-order valence-electron chi connectivity index (χ0n) is 18.8. The SMILES string of the molecule is Cc1cccc(C)c1NC(=O)CN1CCN(C(=O)CN(C)CCc2ccccn2)CC1. The predicted molar refractivity (Wildman–Crippen MR) is 123 cm³/mol. The van der Waals surface area contributed by atoms with Crippen LogP contribution in [0.25, 0.3) is 0 Å². The normalized spacial score (nSPS) is 14.6. The topological polar surface area (TPSA) is 68.8 Å². The lowest BCUT2D eigenvalue weighted by molar-refractivity contribution is -0.134. The molecule has 0 radical (unpaired) electrons. The molecule has 0 atom stereocenters. The van der Waals surface area contributed by atoms with Gasteiger partial charge in [0.05, 0.1) is 13.1 Å². The second kappa shape index (κ2) is 11.0. The van der Waals surface area contributed by atoms with Crippen LogP contribution in [0.2, 0.25) is 0 Å². The highest BCUT2D eigenvalue weighted by Gasteiger charge is 2.23. The van der Waals surface area contributed by atoms with Crippen LogP contribution in [-0.4, -0.2) is 84.4 Å². The first-order valence-corrected chi connectivity index (χ1v) is 10.9. The van der Waals surface area contributed by atoms with Gasteiger partial charge in [-0.05, 0) is 44.2 Å². The minimum absolute atomic E-state index is 0.00793. The lowest BCUT2D eigenvalue weighted by Crippen LogP contribution is -2.52. The van der Waals surface area contributed by atoms with Crippen LogP contribution in [-0.2, 0) is 16.0 Å². The van der Waals surface area contributed by atoms with Gasteiger partial charge in [-0.25, -0.2) is 0 Å². The average molecular weight is 424 g/mol. The van der Waals surface area contributed by atoms with E-state index < -0.39 is 0 Å². The fourth-order valence-electron chi connectivity index (χ4n) is 3.81. The third-order valence-electron chi connectivity index (χ3n) is 5.72. The number of carbonyl (C=O) groups excluding carboxylic acids is 2. The number of benzene rings is 1. The van der Waals surface area contributed by atoms with Gasteiger partial charge in [0.1, 0.15) is 0 Å². The van der Waals surface area contributed by atoms with Crippen molar-refractivity contribution >= 4 is 17.5 Å². The largest absolute Gasteiger partial charge is 0.339 e. The lowest BCUT2D eigenvalue weighted by atomic mass is 10.1. The molecule has 1 aromatic carbocycles. The van der Waals surface area contributed by atoms with E-state index in [0.29, 0.717) is 39.3 Å². The summed E-state index contributed by atoms with van der Waals surface area (Å²) >= 11 is 0. The molecule has 1 saturated heterocycles. The number of hydrogen-bond donors (Lipinski definition) is 1. The predicted octanol–water partition coefficient (Wildman–Crippen LogP) is 1.96. The Bertz CT molecular complexity index is 859. The van der Waals surface area contributed by atoms with Crippen LogP contribution in [0.1, 0.15) is 16.8 Å². The number of nitrogens with one attached hydrogen (secondary N) is 1. The Morgan fingerprint density at radius 2 is 1.74 bits per heavy atom. The maximum Gasteiger partial charge on any atom is 0.238 e. The number of anilines is 1. The van der Waals surface area contributed by atoms with Gasteiger partial charge in [0.15, 0.2) is 0 Å². The Labute approximate surface area is 185 Å². The molecule has 7 nitrogen and oxygen atoms in total. The molecule has 7 heteroatoms. The van der Waals surface area contributed by atoms with E-state index >= 15 is 0 Å². The van der Waals surface area contributed by atoms with Crippen molar-refractivity contribution < 1.29 is 9.59 Å². The summed E-state index contributed by atoms with van der Waals surface area (Å²) in [6.45, 7) is 8.28. The first-order valence-electron chi connectivity index (χ1n) is 10.9. The van der Waals surface area contributed by atoms with E-state index in [-0.39, 0.29) is 11.8 Å². The molecule has 2 heterocycles. The maximum absolute atomic E-state index is 12.6. The van der Waals surface area contributed by atoms with Gasteiger partial charge in [0.25, 0.3) is 0 Å². The molecule has 1 aliphatic heterocycles. The summed E-state index contributed by atoms with van der Waals surface area (Å²) in [6.07, 6.45) is 2.62. The third kappa shape index (κ3) is 6.87. The Hall–Kier alpha value is -2.77. The Morgan fingerprint density at radius 3 is 2.39 bits per heavy atom. The first-order chi connectivity index (χ1) is 14.9. The number of likely N-dealkylation sites (N-methyl/N-ethyl adjacent to an activating group) is 1. The zero-order valence-corrected chi connectivity index (χ0v) is 18.8. The van der Waals surface area contributed by atoms with Gasteiger partial charge in [-0.15, -0.1) is 0 Å². The van der Waals surface area contributed by atoms with Crippen LogP contribution in [0.3, 0.4) is 0 Å². The number of amides is 2. The summed E-state index contributed by atoms with van der Waals surface area (Å²) in [5, 5.41) is 3.04. The molecule has 1 aromatic heterocycles. The van der Waals surface area contributed by atoms with Crippen molar-refractivity contribution in [3.63, 3.8) is 0 Å². The molecule has 0 unspecified atom stereocenters. The van der Waals surface area contributed by atoms with Crippen molar-refractivity contribution in [2.45, 2.75) is 20.3 Å². The number of hydrogen-bond acceptors (Lipinski definition) is 5. The molecule has 3 rings (SSSR count). The number of nitrogens with zero attached hydrogens (tertiary/aromatic N) is 4. The van der Waals surface area contributed by atoms with E-state index in [9.17, 15) is 9.59 Å². The Kier molecular flexibility index (Phi) is 8.14. The standard InChI is InChI=1S/C24H33N5O2/c1-19-7-6-8-20(2)24(19)26-22(30)17-28-13-15-29(16-14-28)23(31)18-27(3)12-10-21-9-4-5-11-25-21/h4-9,11H,10,12-18H2,1-3H3,(H,26,30). The molecular weight excluding hydrogens is 390 g/mol. The van der Waals surface area contributed by atoms with Crippen LogP contribution in [0, 0.1) is 13.8 Å². The van der Waals surface area contributed by atoms with E-state index in [1.165, 1.54) is 0 Å². The van der Waals surface area contributed by atoms with Crippen LogP contribution >= 0.6 is 0 Å². The molecule has 1 N–H and O–H groups in total. The second-order valence-electron chi connectivity index (χ2n) is 8.28. The lowest BCUT2D eigenvalue weighted by Gasteiger charge is -2.35. The van der Waals surface area contributed by atoms with Gasteiger partial charge in [-0.1, -0.05) is 24.3 Å². The average Bonchev–Trinajstić information content (AvgIpc) is 2.76. The number of aromatic nitrogens is 1.